The van der Waals surface area contributed by atoms with E-state index in [4.69, 9.17) is 0 Å². The van der Waals surface area contributed by atoms with Gasteiger partial charge in [-0.25, -0.2) is 14.8 Å². The molecule has 0 saturated carbocycles. The molecule has 1 aliphatic heterocycles. The lowest BCUT2D eigenvalue weighted by Gasteiger charge is -2.31. The summed E-state index contributed by atoms with van der Waals surface area (Å²) >= 11 is 0. The maximum absolute atomic E-state index is 12.7. The normalized spacial score (nSPS) is 15.5. The second-order valence-electron chi connectivity index (χ2n) is 6.59. The highest BCUT2D eigenvalue weighted by atomic mass is 19.4. The van der Waals surface area contributed by atoms with Crippen molar-refractivity contribution in [1.82, 2.24) is 9.97 Å². The molecular weight excluding hydrogens is 359 g/mol. The number of hydrogen-bond donors (Lipinski definition) is 2. The van der Waals surface area contributed by atoms with Crippen molar-refractivity contribution in [2.45, 2.75) is 25.9 Å². The van der Waals surface area contributed by atoms with E-state index in [0.29, 0.717) is 11.7 Å². The third-order valence-corrected chi connectivity index (χ3v) is 4.45. The minimum atomic E-state index is -4.47. The van der Waals surface area contributed by atoms with Crippen LogP contribution >= 0.6 is 0 Å². The van der Waals surface area contributed by atoms with Gasteiger partial charge in [-0.05, 0) is 37.0 Å². The molecular formula is C18H20F3N5O. The highest BCUT2D eigenvalue weighted by molar-refractivity contribution is 5.99. The summed E-state index contributed by atoms with van der Waals surface area (Å²) in [4.78, 5) is 22.5. The Labute approximate surface area is 154 Å². The number of amides is 2. The van der Waals surface area contributed by atoms with Crippen LogP contribution in [-0.2, 0) is 6.18 Å². The lowest BCUT2D eigenvalue weighted by Crippen LogP contribution is -2.33. The second-order valence-corrected chi connectivity index (χ2v) is 6.59. The first-order valence-electron chi connectivity index (χ1n) is 8.63. The predicted octanol–water partition coefficient (Wildman–Crippen LogP) is 4.38. The Balaban J connectivity index is 1.64. The molecule has 2 amide bonds. The van der Waals surface area contributed by atoms with Crippen LogP contribution in [0.15, 0.2) is 36.7 Å². The summed E-state index contributed by atoms with van der Waals surface area (Å²) in [6.45, 7) is 3.98. The largest absolute Gasteiger partial charge is 0.416 e. The molecule has 1 aliphatic rings. The number of urea groups is 1. The molecule has 0 spiro atoms. The van der Waals surface area contributed by atoms with Crippen molar-refractivity contribution in [3.63, 3.8) is 0 Å². The van der Waals surface area contributed by atoms with Gasteiger partial charge in [0.1, 0.15) is 18.0 Å². The number of rotatable bonds is 3. The van der Waals surface area contributed by atoms with Crippen molar-refractivity contribution in [2.24, 2.45) is 5.92 Å². The smallest absolute Gasteiger partial charge is 0.356 e. The first kappa shape index (κ1) is 18.9. The molecule has 0 aliphatic carbocycles. The quantitative estimate of drug-likeness (QED) is 0.831. The van der Waals surface area contributed by atoms with Crippen LogP contribution in [0.2, 0.25) is 0 Å². The fraction of sp³-hybridized carbons (Fsp3) is 0.389. The zero-order valence-electron chi connectivity index (χ0n) is 14.8. The van der Waals surface area contributed by atoms with Crippen LogP contribution in [0.5, 0.6) is 0 Å². The second kappa shape index (κ2) is 7.81. The van der Waals surface area contributed by atoms with E-state index in [9.17, 15) is 18.0 Å². The van der Waals surface area contributed by atoms with E-state index in [-0.39, 0.29) is 11.5 Å². The van der Waals surface area contributed by atoms with E-state index in [2.05, 4.69) is 32.4 Å². The zero-order valence-corrected chi connectivity index (χ0v) is 14.8. The number of hydrogen-bond acceptors (Lipinski definition) is 4. The van der Waals surface area contributed by atoms with Crippen molar-refractivity contribution in [3.05, 3.63) is 42.2 Å². The minimum Gasteiger partial charge on any atom is -0.356 e. The zero-order chi connectivity index (χ0) is 19.4. The first-order chi connectivity index (χ1) is 12.8. The van der Waals surface area contributed by atoms with Gasteiger partial charge >= 0.3 is 12.2 Å². The van der Waals surface area contributed by atoms with Crippen LogP contribution in [0.4, 0.5) is 35.3 Å². The molecule has 0 atom stereocenters. The SMILES string of the molecule is CC1CCN(c2cc(NC(=O)Nc3cccc(C(F)(F)F)c3)ncn2)CC1. The molecule has 27 heavy (non-hydrogen) atoms. The van der Waals surface area contributed by atoms with E-state index < -0.39 is 17.8 Å². The average Bonchev–Trinajstić information content (AvgIpc) is 2.62. The summed E-state index contributed by atoms with van der Waals surface area (Å²) in [7, 11) is 0. The summed E-state index contributed by atoms with van der Waals surface area (Å²) in [6, 6.07) is 5.42. The van der Waals surface area contributed by atoms with Gasteiger partial charge in [-0.1, -0.05) is 13.0 Å². The third kappa shape index (κ3) is 5.08. The number of alkyl halides is 3. The van der Waals surface area contributed by atoms with Crippen LogP contribution in [0.1, 0.15) is 25.3 Å². The highest BCUT2D eigenvalue weighted by Gasteiger charge is 2.30. The number of aromatic nitrogens is 2. The molecule has 3 rings (SSSR count). The van der Waals surface area contributed by atoms with Gasteiger partial charge in [0.25, 0.3) is 0 Å². The van der Waals surface area contributed by atoms with Crippen molar-refractivity contribution in [3.8, 4) is 0 Å². The number of nitrogens with zero attached hydrogens (tertiary/aromatic N) is 3. The number of halogens is 3. The van der Waals surface area contributed by atoms with Gasteiger partial charge in [0.05, 0.1) is 5.56 Å². The van der Waals surface area contributed by atoms with Gasteiger partial charge in [-0.2, -0.15) is 13.2 Å². The van der Waals surface area contributed by atoms with E-state index in [1.807, 2.05) is 0 Å². The summed E-state index contributed by atoms with van der Waals surface area (Å²) in [5.74, 6) is 1.67. The Bertz CT molecular complexity index is 804. The van der Waals surface area contributed by atoms with Gasteiger partial charge in [0.2, 0.25) is 0 Å². The Kier molecular flexibility index (Phi) is 5.48. The first-order valence-corrected chi connectivity index (χ1v) is 8.63. The molecule has 9 heteroatoms. The van der Waals surface area contributed by atoms with Crippen molar-refractivity contribution in [1.29, 1.82) is 0 Å². The highest BCUT2D eigenvalue weighted by Crippen LogP contribution is 2.30. The Morgan fingerprint density at radius 2 is 1.89 bits per heavy atom. The Morgan fingerprint density at radius 3 is 2.59 bits per heavy atom. The lowest BCUT2D eigenvalue weighted by molar-refractivity contribution is -0.137. The van der Waals surface area contributed by atoms with Crippen molar-refractivity contribution < 1.29 is 18.0 Å². The monoisotopic (exact) mass is 379 g/mol. The van der Waals surface area contributed by atoms with Crippen LogP contribution in [0.25, 0.3) is 0 Å². The summed E-state index contributed by atoms with van der Waals surface area (Å²) in [6.07, 6.45) is -0.972. The Hall–Kier alpha value is -2.84. The van der Waals surface area contributed by atoms with Crippen LogP contribution in [-0.4, -0.2) is 29.1 Å². The van der Waals surface area contributed by atoms with Crippen LogP contribution in [0.3, 0.4) is 0 Å². The summed E-state index contributed by atoms with van der Waals surface area (Å²) in [5, 5.41) is 4.91. The van der Waals surface area contributed by atoms with Gasteiger partial charge in [0, 0.05) is 24.8 Å². The third-order valence-electron chi connectivity index (χ3n) is 4.45. The van der Waals surface area contributed by atoms with Crippen molar-refractivity contribution in [2.75, 3.05) is 28.6 Å². The number of nitrogens with one attached hydrogen (secondary N) is 2. The van der Waals surface area contributed by atoms with E-state index >= 15 is 0 Å². The average molecular weight is 379 g/mol. The number of carbonyl (C=O) groups is 1. The van der Waals surface area contributed by atoms with Crippen molar-refractivity contribution >= 4 is 23.4 Å². The van der Waals surface area contributed by atoms with Gasteiger partial charge < -0.3 is 10.2 Å². The number of carbonyl (C=O) groups excluding carboxylic acids is 1. The number of piperidine rings is 1. The van der Waals surface area contributed by atoms with Gasteiger partial charge in [-0.15, -0.1) is 0 Å². The van der Waals surface area contributed by atoms with Gasteiger partial charge in [0.15, 0.2) is 0 Å². The Morgan fingerprint density at radius 1 is 1.15 bits per heavy atom. The van der Waals surface area contributed by atoms with E-state index in [1.54, 1.807) is 6.07 Å². The van der Waals surface area contributed by atoms with Crippen LogP contribution in [0, 0.1) is 5.92 Å². The molecule has 2 heterocycles. The van der Waals surface area contributed by atoms with Gasteiger partial charge in [-0.3, -0.25) is 5.32 Å². The maximum atomic E-state index is 12.7. The predicted molar refractivity (Wildman–Crippen MR) is 96.7 cm³/mol. The summed E-state index contributed by atoms with van der Waals surface area (Å²) < 4.78 is 38.2. The molecule has 1 saturated heterocycles. The van der Waals surface area contributed by atoms with Crippen LogP contribution < -0.4 is 15.5 Å². The van der Waals surface area contributed by atoms with E-state index in [0.717, 1.165) is 38.1 Å². The lowest BCUT2D eigenvalue weighted by atomic mass is 9.99. The summed E-state index contributed by atoms with van der Waals surface area (Å²) in [5.41, 5.74) is -0.787. The fourth-order valence-corrected chi connectivity index (χ4v) is 2.88. The number of anilines is 3. The molecule has 0 radical (unpaired) electrons. The molecule has 0 unspecified atom stereocenters. The number of benzene rings is 1. The molecule has 1 aromatic carbocycles. The molecule has 144 valence electrons. The fourth-order valence-electron chi connectivity index (χ4n) is 2.88. The molecule has 0 bridgehead atoms. The topological polar surface area (TPSA) is 70.2 Å². The molecule has 6 nitrogen and oxygen atoms in total. The molecule has 2 aromatic rings. The molecule has 1 aromatic heterocycles. The molecule has 2 N–H and O–H groups in total. The molecule has 1 fully saturated rings. The van der Waals surface area contributed by atoms with E-state index in [1.165, 1.54) is 18.5 Å². The minimum absolute atomic E-state index is 0.0432. The maximum Gasteiger partial charge on any atom is 0.416 e. The standard InChI is InChI=1S/C18H20F3N5O/c1-12-5-7-26(8-6-12)16-10-15(22-11-23-16)25-17(27)24-14-4-2-3-13(9-14)18(19,20)21/h2-4,9-12H,5-8H2,1H3,(H2,22,23,24,25,27).